The molecule has 108 valence electrons. The largest absolute Gasteiger partial charge is 0.497 e. The minimum Gasteiger partial charge on any atom is -0.497 e. The minimum absolute atomic E-state index is 0.139. The zero-order chi connectivity index (χ0) is 14.4. The van der Waals surface area contributed by atoms with Crippen molar-refractivity contribution in [1.82, 2.24) is 9.88 Å². The molecule has 0 aliphatic heterocycles. The molecule has 0 saturated heterocycles. The maximum absolute atomic E-state index is 8.97. The van der Waals surface area contributed by atoms with E-state index in [4.69, 9.17) is 14.3 Å². The predicted octanol–water partition coefficient (Wildman–Crippen LogP) is 2.16. The molecule has 0 saturated carbocycles. The summed E-state index contributed by atoms with van der Waals surface area (Å²) in [4.78, 5) is 6.36. The van der Waals surface area contributed by atoms with Gasteiger partial charge in [-0.1, -0.05) is 6.92 Å². The van der Waals surface area contributed by atoms with Gasteiger partial charge in [-0.05, 0) is 30.8 Å². The van der Waals surface area contributed by atoms with Crippen LogP contribution in [0.4, 0.5) is 0 Å². The smallest absolute Gasteiger partial charge is 0.209 e. The summed E-state index contributed by atoms with van der Waals surface area (Å²) in [6.45, 7) is 4.26. The Kier molecular flexibility index (Phi) is 5.15. The molecule has 1 aromatic heterocycles. The molecule has 1 N–H and O–H groups in total. The van der Waals surface area contributed by atoms with Gasteiger partial charge >= 0.3 is 0 Å². The van der Waals surface area contributed by atoms with E-state index in [1.165, 1.54) is 0 Å². The fourth-order valence-electron chi connectivity index (χ4n) is 1.95. The second-order valence-electron chi connectivity index (χ2n) is 4.44. The second kappa shape index (κ2) is 7.07. The Morgan fingerprint density at radius 1 is 1.30 bits per heavy atom. The Morgan fingerprint density at radius 2 is 2.05 bits per heavy atom. The summed E-state index contributed by atoms with van der Waals surface area (Å²) in [7, 11) is 1.64. The van der Waals surface area contributed by atoms with Crippen LogP contribution in [0.2, 0.25) is 0 Å². The van der Waals surface area contributed by atoms with Crippen LogP contribution in [-0.2, 0) is 6.54 Å². The van der Waals surface area contributed by atoms with Crippen LogP contribution in [0.5, 0.6) is 5.75 Å². The Hall–Kier alpha value is -1.85. The molecule has 1 heterocycles. The molecule has 0 spiro atoms. The highest BCUT2D eigenvalue weighted by Gasteiger charge is 2.10. The molecular formula is C15H20N2O3. The number of aliphatic hydroxyl groups excluding tert-OH is 1. The van der Waals surface area contributed by atoms with Gasteiger partial charge in [-0.25, -0.2) is 4.98 Å². The third-order valence-electron chi connectivity index (χ3n) is 3.15. The van der Waals surface area contributed by atoms with Gasteiger partial charge in [0.15, 0.2) is 5.76 Å². The van der Waals surface area contributed by atoms with E-state index >= 15 is 0 Å². The summed E-state index contributed by atoms with van der Waals surface area (Å²) < 4.78 is 10.9. The lowest BCUT2D eigenvalue weighted by atomic mass is 10.2. The fraction of sp³-hybridized carbons (Fsp3) is 0.400. The third-order valence-corrected chi connectivity index (χ3v) is 3.15. The average Bonchev–Trinajstić information content (AvgIpc) is 2.95. The standard InChI is InChI=1S/C15H20N2O3/c1-3-17(8-9-18)11-15-16-10-14(20-15)12-4-6-13(19-2)7-5-12/h4-7,10,18H,3,8-9,11H2,1-2H3. The minimum atomic E-state index is 0.139. The Morgan fingerprint density at radius 3 is 2.65 bits per heavy atom. The number of aliphatic hydroxyl groups is 1. The van der Waals surface area contributed by atoms with Gasteiger partial charge in [-0.2, -0.15) is 0 Å². The maximum atomic E-state index is 8.97. The van der Waals surface area contributed by atoms with Crippen LogP contribution >= 0.6 is 0 Å². The summed E-state index contributed by atoms with van der Waals surface area (Å²) in [5.41, 5.74) is 0.967. The van der Waals surface area contributed by atoms with Crippen LogP contribution in [0, 0.1) is 0 Å². The molecule has 1 aromatic carbocycles. The Bertz CT molecular complexity index is 522. The van der Waals surface area contributed by atoms with E-state index in [1.807, 2.05) is 31.2 Å². The number of oxazole rings is 1. The van der Waals surface area contributed by atoms with Gasteiger partial charge in [0.05, 0.1) is 26.5 Å². The normalized spacial score (nSPS) is 11.0. The molecule has 0 bridgehead atoms. The lowest BCUT2D eigenvalue weighted by molar-refractivity contribution is 0.185. The number of rotatable bonds is 7. The quantitative estimate of drug-likeness (QED) is 0.840. The van der Waals surface area contributed by atoms with Gasteiger partial charge in [0.25, 0.3) is 0 Å². The first-order valence-corrected chi connectivity index (χ1v) is 6.69. The number of hydrogen-bond donors (Lipinski definition) is 1. The van der Waals surface area contributed by atoms with E-state index < -0.39 is 0 Å². The van der Waals surface area contributed by atoms with Crippen molar-refractivity contribution in [2.45, 2.75) is 13.5 Å². The number of ether oxygens (including phenoxy) is 1. The van der Waals surface area contributed by atoms with Crippen LogP contribution in [0.3, 0.4) is 0 Å². The van der Waals surface area contributed by atoms with Crippen molar-refractivity contribution in [3.05, 3.63) is 36.4 Å². The zero-order valence-electron chi connectivity index (χ0n) is 11.9. The fourth-order valence-corrected chi connectivity index (χ4v) is 1.95. The molecule has 2 aromatic rings. The van der Waals surface area contributed by atoms with E-state index in [9.17, 15) is 0 Å². The average molecular weight is 276 g/mol. The second-order valence-corrected chi connectivity index (χ2v) is 4.44. The molecule has 5 nitrogen and oxygen atoms in total. The van der Waals surface area contributed by atoms with Gasteiger partial charge in [-0.15, -0.1) is 0 Å². The SMILES string of the molecule is CCN(CCO)Cc1ncc(-c2ccc(OC)cc2)o1. The monoisotopic (exact) mass is 276 g/mol. The van der Waals surface area contributed by atoms with Crippen molar-refractivity contribution >= 4 is 0 Å². The van der Waals surface area contributed by atoms with E-state index in [2.05, 4.69) is 9.88 Å². The molecule has 0 amide bonds. The lowest BCUT2D eigenvalue weighted by Crippen LogP contribution is -2.26. The molecule has 0 unspecified atom stereocenters. The van der Waals surface area contributed by atoms with Crippen molar-refractivity contribution in [3.63, 3.8) is 0 Å². The van der Waals surface area contributed by atoms with Crippen LogP contribution in [-0.4, -0.2) is 41.8 Å². The number of nitrogens with zero attached hydrogens (tertiary/aromatic N) is 2. The van der Waals surface area contributed by atoms with E-state index in [1.54, 1.807) is 13.3 Å². The molecule has 0 fully saturated rings. The van der Waals surface area contributed by atoms with Gasteiger partial charge in [0.1, 0.15) is 5.75 Å². The highest BCUT2D eigenvalue weighted by Crippen LogP contribution is 2.23. The molecule has 20 heavy (non-hydrogen) atoms. The predicted molar refractivity (Wildman–Crippen MR) is 76.5 cm³/mol. The Balaban J connectivity index is 2.07. The first kappa shape index (κ1) is 14.6. The third kappa shape index (κ3) is 3.59. The maximum Gasteiger partial charge on any atom is 0.209 e. The Labute approximate surface area is 118 Å². The molecular weight excluding hydrogens is 256 g/mol. The summed E-state index contributed by atoms with van der Waals surface area (Å²) in [5.74, 6) is 2.21. The van der Waals surface area contributed by atoms with Crippen molar-refractivity contribution in [2.75, 3.05) is 26.8 Å². The molecule has 0 aliphatic carbocycles. The van der Waals surface area contributed by atoms with Gasteiger partial charge < -0.3 is 14.3 Å². The van der Waals surface area contributed by atoms with E-state index in [-0.39, 0.29) is 6.61 Å². The van der Waals surface area contributed by atoms with Gasteiger partial charge in [0.2, 0.25) is 5.89 Å². The lowest BCUT2D eigenvalue weighted by Gasteiger charge is -2.16. The molecule has 2 rings (SSSR count). The summed E-state index contributed by atoms with van der Waals surface area (Å²) in [6.07, 6.45) is 1.73. The van der Waals surface area contributed by atoms with Crippen molar-refractivity contribution in [1.29, 1.82) is 0 Å². The number of hydrogen-bond acceptors (Lipinski definition) is 5. The molecule has 5 heteroatoms. The number of benzene rings is 1. The molecule has 0 radical (unpaired) electrons. The number of likely N-dealkylation sites (N-methyl/N-ethyl adjacent to an activating group) is 1. The summed E-state index contributed by atoms with van der Waals surface area (Å²) >= 11 is 0. The van der Waals surface area contributed by atoms with Gasteiger partial charge in [-0.3, -0.25) is 4.90 Å². The highest BCUT2D eigenvalue weighted by atomic mass is 16.5. The van der Waals surface area contributed by atoms with Crippen LogP contribution in [0.15, 0.2) is 34.9 Å². The van der Waals surface area contributed by atoms with Crippen LogP contribution in [0.25, 0.3) is 11.3 Å². The summed E-state index contributed by atoms with van der Waals surface area (Å²) in [5, 5.41) is 8.97. The van der Waals surface area contributed by atoms with Crippen molar-refractivity contribution in [2.24, 2.45) is 0 Å². The van der Waals surface area contributed by atoms with Crippen molar-refractivity contribution < 1.29 is 14.3 Å². The van der Waals surface area contributed by atoms with Gasteiger partial charge in [0, 0.05) is 12.1 Å². The summed E-state index contributed by atoms with van der Waals surface area (Å²) in [6, 6.07) is 7.66. The number of methoxy groups -OCH3 is 1. The van der Waals surface area contributed by atoms with E-state index in [0.29, 0.717) is 19.0 Å². The first-order chi connectivity index (χ1) is 9.76. The highest BCUT2D eigenvalue weighted by molar-refractivity contribution is 5.57. The van der Waals surface area contributed by atoms with Crippen LogP contribution in [0.1, 0.15) is 12.8 Å². The van der Waals surface area contributed by atoms with E-state index in [0.717, 1.165) is 23.6 Å². The molecule has 0 aliphatic rings. The topological polar surface area (TPSA) is 58.7 Å². The van der Waals surface area contributed by atoms with Crippen LogP contribution < -0.4 is 4.74 Å². The van der Waals surface area contributed by atoms with Crippen molar-refractivity contribution in [3.8, 4) is 17.1 Å². The number of aromatic nitrogens is 1. The molecule has 0 atom stereocenters. The first-order valence-electron chi connectivity index (χ1n) is 6.69. The zero-order valence-corrected chi connectivity index (χ0v) is 11.9.